The number of likely N-dealkylation sites (tertiary alicyclic amines) is 1. The molecule has 1 aromatic carbocycles. The molecule has 0 aliphatic carbocycles. The van der Waals surface area contributed by atoms with E-state index in [0.29, 0.717) is 12.6 Å². The highest BCUT2D eigenvalue weighted by Crippen LogP contribution is 2.19. The first kappa shape index (κ1) is 17.8. The number of carbonyl (C=O) groups excluding carboxylic acids is 1. The summed E-state index contributed by atoms with van der Waals surface area (Å²) in [4.78, 5) is 13.9. The third-order valence-electron chi connectivity index (χ3n) is 4.08. The van der Waals surface area contributed by atoms with Crippen LogP contribution in [0.1, 0.15) is 30.1 Å². The number of benzene rings is 1. The van der Waals surface area contributed by atoms with Crippen molar-refractivity contribution >= 4 is 15.7 Å². The lowest BCUT2D eigenvalue weighted by molar-refractivity contribution is 0.0941. The van der Waals surface area contributed by atoms with E-state index < -0.39 is 20.5 Å². The molecule has 1 heterocycles. The molecule has 1 aliphatic heterocycles. The van der Waals surface area contributed by atoms with Crippen LogP contribution in [0.4, 0.5) is 8.78 Å². The summed E-state index contributed by atoms with van der Waals surface area (Å²) in [5, 5.41) is 2.81. The summed E-state index contributed by atoms with van der Waals surface area (Å²) in [6.45, 7) is 4.55. The lowest BCUT2D eigenvalue weighted by Gasteiger charge is -2.22. The van der Waals surface area contributed by atoms with Gasteiger partial charge in [-0.1, -0.05) is 6.92 Å². The van der Waals surface area contributed by atoms with Crippen LogP contribution in [0.25, 0.3) is 0 Å². The van der Waals surface area contributed by atoms with E-state index >= 15 is 0 Å². The number of sulfone groups is 1. The first-order valence-electron chi connectivity index (χ1n) is 7.50. The van der Waals surface area contributed by atoms with E-state index in [-0.39, 0.29) is 11.5 Å². The first-order valence-corrected chi connectivity index (χ1v) is 9.05. The minimum Gasteiger partial charge on any atom is -0.350 e. The number of hydrogen-bond donors (Lipinski definition) is 1. The number of alkyl halides is 2. The summed E-state index contributed by atoms with van der Waals surface area (Å²) in [5.74, 6) is -3.81. The molecular formula is C15H20F2N2O3S. The van der Waals surface area contributed by atoms with Gasteiger partial charge in [0.1, 0.15) is 0 Å². The number of nitrogens with zero attached hydrogens (tertiary/aromatic N) is 1. The molecular weight excluding hydrogens is 326 g/mol. The molecule has 1 amide bonds. The third-order valence-corrected chi connectivity index (χ3v) is 5.48. The molecule has 1 unspecified atom stereocenters. The van der Waals surface area contributed by atoms with Gasteiger partial charge in [-0.3, -0.25) is 9.69 Å². The zero-order valence-electron chi connectivity index (χ0n) is 12.8. The third kappa shape index (κ3) is 4.06. The van der Waals surface area contributed by atoms with Crippen molar-refractivity contribution in [2.75, 3.05) is 19.6 Å². The van der Waals surface area contributed by atoms with E-state index in [2.05, 4.69) is 17.1 Å². The molecule has 0 saturated carbocycles. The van der Waals surface area contributed by atoms with Gasteiger partial charge in [-0.2, -0.15) is 8.78 Å². The molecule has 0 radical (unpaired) electrons. The van der Waals surface area contributed by atoms with Crippen molar-refractivity contribution in [3.05, 3.63) is 29.8 Å². The number of likely N-dealkylation sites (N-methyl/N-ethyl adjacent to an activating group) is 1. The molecule has 1 fully saturated rings. The molecule has 8 heteroatoms. The molecule has 2 rings (SSSR count). The molecule has 1 aliphatic rings. The molecule has 0 bridgehead atoms. The van der Waals surface area contributed by atoms with E-state index in [1.54, 1.807) is 0 Å². The molecule has 1 aromatic rings. The van der Waals surface area contributed by atoms with Crippen molar-refractivity contribution in [2.24, 2.45) is 0 Å². The van der Waals surface area contributed by atoms with Gasteiger partial charge in [0.05, 0.1) is 4.90 Å². The number of hydrogen-bond acceptors (Lipinski definition) is 4. The summed E-state index contributed by atoms with van der Waals surface area (Å²) in [5.41, 5.74) is 0.249. The number of halogens is 2. The van der Waals surface area contributed by atoms with Crippen molar-refractivity contribution in [2.45, 2.75) is 36.5 Å². The van der Waals surface area contributed by atoms with Crippen molar-refractivity contribution in [1.29, 1.82) is 0 Å². The van der Waals surface area contributed by atoms with Gasteiger partial charge in [0.25, 0.3) is 5.91 Å². The molecule has 1 saturated heterocycles. The summed E-state index contributed by atoms with van der Waals surface area (Å²) < 4.78 is 47.6. The smallest absolute Gasteiger partial charge is 0.341 e. The standard InChI is InChI=1S/C15H20F2N2O3S/c1-2-19-9-3-4-12(19)10-18-14(20)11-5-7-13(8-6-11)23(21,22)15(16)17/h5-8,12,15H,2-4,9-10H2,1H3,(H,18,20). The molecule has 5 nitrogen and oxygen atoms in total. The second-order valence-corrected chi connectivity index (χ2v) is 7.38. The Labute approximate surface area is 134 Å². The van der Waals surface area contributed by atoms with Crippen LogP contribution in [0.5, 0.6) is 0 Å². The predicted molar refractivity (Wildman–Crippen MR) is 82.2 cm³/mol. The van der Waals surface area contributed by atoms with Crippen LogP contribution in [0.15, 0.2) is 29.2 Å². The quantitative estimate of drug-likeness (QED) is 0.854. The van der Waals surface area contributed by atoms with E-state index in [0.717, 1.165) is 38.1 Å². The van der Waals surface area contributed by atoms with Gasteiger partial charge in [0.15, 0.2) is 0 Å². The largest absolute Gasteiger partial charge is 0.350 e. The summed E-state index contributed by atoms with van der Waals surface area (Å²) in [6, 6.07) is 4.87. The zero-order valence-corrected chi connectivity index (χ0v) is 13.7. The molecule has 0 aromatic heterocycles. The fourth-order valence-corrected chi connectivity index (χ4v) is 3.48. The maximum atomic E-state index is 12.4. The molecule has 128 valence electrons. The normalized spacial score (nSPS) is 19.2. The van der Waals surface area contributed by atoms with Gasteiger partial charge in [0, 0.05) is 18.2 Å². The topological polar surface area (TPSA) is 66.5 Å². The van der Waals surface area contributed by atoms with Crippen LogP contribution in [0.2, 0.25) is 0 Å². The molecule has 1 N–H and O–H groups in total. The summed E-state index contributed by atoms with van der Waals surface area (Å²) >= 11 is 0. The van der Waals surface area contributed by atoms with Gasteiger partial charge in [-0.15, -0.1) is 0 Å². The van der Waals surface area contributed by atoms with Crippen LogP contribution in [0.3, 0.4) is 0 Å². The second-order valence-electron chi connectivity index (χ2n) is 5.46. The molecule has 0 spiro atoms. The molecule has 23 heavy (non-hydrogen) atoms. The lowest BCUT2D eigenvalue weighted by atomic mass is 10.2. The monoisotopic (exact) mass is 346 g/mol. The average Bonchev–Trinajstić information content (AvgIpc) is 3.00. The second kappa shape index (κ2) is 7.35. The average molecular weight is 346 g/mol. The number of nitrogens with one attached hydrogen (secondary N) is 1. The maximum absolute atomic E-state index is 12.4. The lowest BCUT2D eigenvalue weighted by Crippen LogP contribution is -2.40. The van der Waals surface area contributed by atoms with E-state index in [4.69, 9.17) is 0 Å². The maximum Gasteiger partial charge on any atom is 0.341 e. The van der Waals surface area contributed by atoms with Crippen LogP contribution < -0.4 is 5.32 Å². The predicted octanol–water partition coefficient (Wildman–Crippen LogP) is 1.90. The summed E-state index contributed by atoms with van der Waals surface area (Å²) in [6.07, 6.45) is 2.13. The molecule has 1 atom stereocenters. The Bertz CT molecular complexity index is 647. The fourth-order valence-electron chi connectivity index (χ4n) is 2.75. The van der Waals surface area contributed by atoms with Crippen LogP contribution in [0, 0.1) is 0 Å². The SMILES string of the molecule is CCN1CCCC1CNC(=O)c1ccc(S(=O)(=O)C(F)F)cc1. The highest BCUT2D eigenvalue weighted by atomic mass is 32.2. The Hall–Kier alpha value is -1.54. The van der Waals surface area contributed by atoms with E-state index in [9.17, 15) is 22.0 Å². The Morgan fingerprint density at radius 2 is 2.00 bits per heavy atom. The highest BCUT2D eigenvalue weighted by Gasteiger charge is 2.27. The Balaban J connectivity index is 1.98. The Morgan fingerprint density at radius 1 is 1.35 bits per heavy atom. The summed E-state index contributed by atoms with van der Waals surface area (Å²) in [7, 11) is -4.63. The van der Waals surface area contributed by atoms with Crippen molar-refractivity contribution in [3.8, 4) is 0 Å². The van der Waals surface area contributed by atoms with Gasteiger partial charge < -0.3 is 5.32 Å². The van der Waals surface area contributed by atoms with Crippen molar-refractivity contribution in [1.82, 2.24) is 10.2 Å². The van der Waals surface area contributed by atoms with Gasteiger partial charge in [-0.25, -0.2) is 8.42 Å². The zero-order chi connectivity index (χ0) is 17.0. The highest BCUT2D eigenvalue weighted by molar-refractivity contribution is 7.91. The van der Waals surface area contributed by atoms with E-state index in [1.165, 1.54) is 12.1 Å². The van der Waals surface area contributed by atoms with Crippen molar-refractivity contribution < 1.29 is 22.0 Å². The van der Waals surface area contributed by atoms with Gasteiger partial charge >= 0.3 is 5.76 Å². The number of carbonyl (C=O) groups is 1. The van der Waals surface area contributed by atoms with Gasteiger partial charge in [-0.05, 0) is 50.2 Å². The van der Waals surface area contributed by atoms with Crippen molar-refractivity contribution in [3.63, 3.8) is 0 Å². The minimum absolute atomic E-state index is 0.249. The van der Waals surface area contributed by atoms with Gasteiger partial charge in [0.2, 0.25) is 9.84 Å². The van der Waals surface area contributed by atoms with Crippen LogP contribution >= 0.6 is 0 Å². The van der Waals surface area contributed by atoms with E-state index in [1.807, 2.05) is 0 Å². The minimum atomic E-state index is -4.63. The Morgan fingerprint density at radius 3 is 2.57 bits per heavy atom. The van der Waals surface area contributed by atoms with Crippen LogP contribution in [-0.2, 0) is 9.84 Å². The van der Waals surface area contributed by atoms with Crippen LogP contribution in [-0.4, -0.2) is 50.7 Å². The first-order chi connectivity index (χ1) is 10.9. The fraction of sp³-hybridized carbons (Fsp3) is 0.533. The number of amides is 1. The number of rotatable bonds is 6. The Kier molecular flexibility index (Phi) is 5.69.